The molecule has 1 heterocycles. The Morgan fingerprint density at radius 1 is 1.24 bits per heavy atom. The van der Waals surface area contributed by atoms with Crippen LogP contribution < -0.4 is 5.32 Å². The maximum Gasteiger partial charge on any atom is 0.0586 e. The average molecular weight is 240 g/mol. The molecule has 3 atom stereocenters. The van der Waals surface area contributed by atoms with Gasteiger partial charge in [-0.05, 0) is 51.6 Å². The molecule has 0 aromatic carbocycles. The van der Waals surface area contributed by atoms with Gasteiger partial charge < -0.3 is 10.1 Å². The van der Waals surface area contributed by atoms with Gasteiger partial charge in [-0.15, -0.1) is 0 Å². The molecule has 0 aromatic rings. The average Bonchev–Trinajstić information content (AvgIpc) is 2.89. The number of hydrogen-bond acceptors (Lipinski definition) is 3. The second-order valence-electron chi connectivity index (χ2n) is 5.56. The van der Waals surface area contributed by atoms with Gasteiger partial charge in [-0.2, -0.15) is 0 Å². The minimum Gasteiger partial charge on any atom is -0.381 e. The Morgan fingerprint density at radius 3 is 2.76 bits per heavy atom. The van der Waals surface area contributed by atoms with E-state index in [9.17, 15) is 0 Å². The molecule has 3 nitrogen and oxygen atoms in total. The van der Waals surface area contributed by atoms with E-state index in [1.165, 1.54) is 58.2 Å². The lowest BCUT2D eigenvalue weighted by Crippen LogP contribution is -2.47. The fourth-order valence-electron chi connectivity index (χ4n) is 3.48. The van der Waals surface area contributed by atoms with Crippen LogP contribution in [0.5, 0.6) is 0 Å². The lowest BCUT2D eigenvalue weighted by molar-refractivity contribution is 0.0165. The summed E-state index contributed by atoms with van der Waals surface area (Å²) in [6, 6.07) is 1.54. The van der Waals surface area contributed by atoms with Gasteiger partial charge in [-0.3, -0.25) is 4.90 Å². The normalized spacial score (nSPS) is 34.4. The minimum atomic E-state index is 0.502. The maximum absolute atomic E-state index is 5.57. The highest BCUT2D eigenvalue weighted by Gasteiger charge is 2.31. The van der Waals surface area contributed by atoms with Gasteiger partial charge in [0.1, 0.15) is 0 Å². The van der Waals surface area contributed by atoms with Gasteiger partial charge in [0.25, 0.3) is 0 Å². The Labute approximate surface area is 106 Å². The van der Waals surface area contributed by atoms with Gasteiger partial charge in [0.05, 0.1) is 6.10 Å². The van der Waals surface area contributed by atoms with E-state index in [0.717, 1.165) is 12.1 Å². The van der Waals surface area contributed by atoms with E-state index in [-0.39, 0.29) is 0 Å². The molecule has 0 radical (unpaired) electrons. The molecule has 17 heavy (non-hydrogen) atoms. The quantitative estimate of drug-likeness (QED) is 0.795. The molecule has 100 valence electrons. The topological polar surface area (TPSA) is 24.5 Å². The zero-order valence-corrected chi connectivity index (χ0v) is 11.5. The van der Waals surface area contributed by atoms with Crippen molar-refractivity contribution in [2.75, 3.05) is 26.7 Å². The molecule has 3 heteroatoms. The highest BCUT2D eigenvalue weighted by Crippen LogP contribution is 2.27. The summed E-state index contributed by atoms with van der Waals surface area (Å²) in [5.41, 5.74) is 0. The minimum absolute atomic E-state index is 0.502. The maximum atomic E-state index is 5.57. The summed E-state index contributed by atoms with van der Waals surface area (Å²) in [6.45, 7) is 5.94. The van der Waals surface area contributed by atoms with Crippen molar-refractivity contribution in [1.29, 1.82) is 0 Å². The van der Waals surface area contributed by atoms with Crippen LogP contribution in [0.3, 0.4) is 0 Å². The number of rotatable bonds is 5. The SMILES string of the molecule is CCCN(C1CCNC1)C1CCCC(OC)C1. The van der Waals surface area contributed by atoms with Crippen molar-refractivity contribution >= 4 is 0 Å². The van der Waals surface area contributed by atoms with Gasteiger partial charge in [0, 0.05) is 25.7 Å². The predicted octanol–water partition coefficient (Wildman–Crippen LogP) is 2.02. The lowest BCUT2D eigenvalue weighted by Gasteiger charge is -2.40. The first-order chi connectivity index (χ1) is 8.35. The molecule has 2 aliphatic rings. The van der Waals surface area contributed by atoms with Gasteiger partial charge in [-0.25, -0.2) is 0 Å². The molecule has 0 amide bonds. The van der Waals surface area contributed by atoms with Crippen LogP contribution in [-0.2, 0) is 4.74 Å². The van der Waals surface area contributed by atoms with Crippen LogP contribution in [-0.4, -0.2) is 49.8 Å². The van der Waals surface area contributed by atoms with Crippen LogP contribution in [0.2, 0.25) is 0 Å². The van der Waals surface area contributed by atoms with E-state index in [1.807, 2.05) is 7.11 Å². The molecule has 1 aliphatic heterocycles. The highest BCUT2D eigenvalue weighted by molar-refractivity contribution is 4.88. The van der Waals surface area contributed by atoms with Crippen molar-refractivity contribution in [3.63, 3.8) is 0 Å². The summed E-state index contributed by atoms with van der Waals surface area (Å²) in [6.07, 6.45) is 8.31. The van der Waals surface area contributed by atoms with E-state index >= 15 is 0 Å². The number of nitrogens with one attached hydrogen (secondary N) is 1. The molecular weight excluding hydrogens is 212 g/mol. The molecular formula is C14H28N2O. The van der Waals surface area contributed by atoms with Crippen molar-refractivity contribution in [3.8, 4) is 0 Å². The molecule has 2 fully saturated rings. The molecule has 2 rings (SSSR count). The van der Waals surface area contributed by atoms with E-state index in [1.54, 1.807) is 0 Å². The smallest absolute Gasteiger partial charge is 0.0586 e. The monoisotopic (exact) mass is 240 g/mol. The number of hydrogen-bond donors (Lipinski definition) is 1. The number of methoxy groups -OCH3 is 1. The standard InChI is InChI=1S/C14H28N2O/c1-3-9-16(13-7-8-15-11-13)12-5-4-6-14(10-12)17-2/h12-15H,3-11H2,1-2H3. The van der Waals surface area contributed by atoms with Crippen molar-refractivity contribution in [1.82, 2.24) is 10.2 Å². The molecule has 1 saturated heterocycles. The molecule has 0 spiro atoms. The summed E-state index contributed by atoms with van der Waals surface area (Å²) in [4.78, 5) is 2.77. The third-order valence-corrected chi connectivity index (χ3v) is 4.39. The number of ether oxygens (including phenoxy) is 1. The Balaban J connectivity index is 1.93. The van der Waals surface area contributed by atoms with Crippen LogP contribution >= 0.6 is 0 Å². The Bertz CT molecular complexity index is 216. The number of nitrogens with zero attached hydrogens (tertiary/aromatic N) is 1. The lowest BCUT2D eigenvalue weighted by atomic mass is 9.90. The Hall–Kier alpha value is -0.120. The first-order valence-corrected chi connectivity index (χ1v) is 7.34. The molecule has 1 aliphatic carbocycles. The summed E-state index contributed by atoms with van der Waals surface area (Å²) in [7, 11) is 1.87. The summed E-state index contributed by atoms with van der Waals surface area (Å²) >= 11 is 0. The molecule has 1 N–H and O–H groups in total. The molecule has 3 unspecified atom stereocenters. The fourth-order valence-corrected chi connectivity index (χ4v) is 3.48. The van der Waals surface area contributed by atoms with E-state index in [2.05, 4.69) is 17.1 Å². The first-order valence-electron chi connectivity index (χ1n) is 7.34. The highest BCUT2D eigenvalue weighted by atomic mass is 16.5. The first kappa shape index (κ1) is 13.3. The van der Waals surface area contributed by atoms with E-state index < -0.39 is 0 Å². The van der Waals surface area contributed by atoms with Crippen LogP contribution in [0.25, 0.3) is 0 Å². The van der Waals surface area contributed by atoms with Crippen molar-refractivity contribution in [2.45, 2.75) is 63.6 Å². The molecule has 0 aromatic heterocycles. The van der Waals surface area contributed by atoms with E-state index in [4.69, 9.17) is 4.74 Å². The summed E-state index contributed by atoms with van der Waals surface area (Å²) < 4.78 is 5.57. The second-order valence-corrected chi connectivity index (χ2v) is 5.56. The second kappa shape index (κ2) is 6.72. The van der Waals surface area contributed by atoms with Gasteiger partial charge in [0.2, 0.25) is 0 Å². The van der Waals surface area contributed by atoms with Crippen LogP contribution in [0.15, 0.2) is 0 Å². The van der Waals surface area contributed by atoms with Crippen molar-refractivity contribution in [3.05, 3.63) is 0 Å². The fraction of sp³-hybridized carbons (Fsp3) is 1.00. The summed E-state index contributed by atoms with van der Waals surface area (Å²) in [5, 5.41) is 3.50. The zero-order valence-electron chi connectivity index (χ0n) is 11.5. The van der Waals surface area contributed by atoms with Gasteiger partial charge >= 0.3 is 0 Å². The molecule has 1 saturated carbocycles. The van der Waals surface area contributed by atoms with Crippen molar-refractivity contribution in [2.24, 2.45) is 0 Å². The van der Waals surface area contributed by atoms with Crippen LogP contribution in [0, 0.1) is 0 Å². The Morgan fingerprint density at radius 2 is 2.12 bits per heavy atom. The van der Waals surface area contributed by atoms with Crippen LogP contribution in [0.4, 0.5) is 0 Å². The summed E-state index contributed by atoms with van der Waals surface area (Å²) in [5.74, 6) is 0. The predicted molar refractivity (Wildman–Crippen MR) is 71.3 cm³/mol. The van der Waals surface area contributed by atoms with Gasteiger partial charge in [-0.1, -0.05) is 6.92 Å². The van der Waals surface area contributed by atoms with E-state index in [0.29, 0.717) is 6.10 Å². The Kier molecular flexibility index (Phi) is 5.26. The van der Waals surface area contributed by atoms with Crippen molar-refractivity contribution < 1.29 is 4.74 Å². The largest absolute Gasteiger partial charge is 0.381 e. The zero-order chi connectivity index (χ0) is 12.1. The van der Waals surface area contributed by atoms with Crippen LogP contribution in [0.1, 0.15) is 45.4 Å². The van der Waals surface area contributed by atoms with Gasteiger partial charge in [0.15, 0.2) is 0 Å². The third-order valence-electron chi connectivity index (χ3n) is 4.39. The third kappa shape index (κ3) is 3.43. The molecule has 0 bridgehead atoms.